The molecule has 0 saturated heterocycles. The van der Waals surface area contributed by atoms with Crippen LogP contribution in [0.1, 0.15) is 18.3 Å². The molecule has 0 aliphatic heterocycles. The third-order valence-electron chi connectivity index (χ3n) is 3.57. The van der Waals surface area contributed by atoms with Gasteiger partial charge in [0.05, 0.1) is 12.9 Å². The molecule has 114 valence electrons. The molecule has 7 heteroatoms. The highest BCUT2D eigenvalue weighted by molar-refractivity contribution is 5.69. The van der Waals surface area contributed by atoms with Crippen molar-refractivity contribution in [3.05, 3.63) is 57.9 Å². The Morgan fingerprint density at radius 1 is 1.23 bits per heavy atom. The van der Waals surface area contributed by atoms with E-state index in [2.05, 4.69) is 9.97 Å². The van der Waals surface area contributed by atoms with E-state index >= 15 is 0 Å². The molecule has 0 fully saturated rings. The van der Waals surface area contributed by atoms with Crippen LogP contribution in [-0.2, 0) is 13.1 Å². The molecule has 0 N–H and O–H groups in total. The number of nitrogens with zero attached hydrogens (tertiary/aromatic N) is 4. The van der Waals surface area contributed by atoms with E-state index in [-0.39, 0.29) is 17.6 Å². The minimum atomic E-state index is -0.903. The molecule has 3 aromatic rings. The van der Waals surface area contributed by atoms with Crippen LogP contribution in [0.4, 0.5) is 8.78 Å². The van der Waals surface area contributed by atoms with Gasteiger partial charge >= 0.3 is 0 Å². The van der Waals surface area contributed by atoms with Gasteiger partial charge in [-0.25, -0.2) is 18.7 Å². The summed E-state index contributed by atoms with van der Waals surface area (Å²) in [6, 6.07) is 3.69. The van der Waals surface area contributed by atoms with Crippen molar-refractivity contribution in [2.75, 3.05) is 0 Å². The fourth-order valence-corrected chi connectivity index (χ4v) is 2.46. The van der Waals surface area contributed by atoms with Gasteiger partial charge in [0.25, 0.3) is 5.56 Å². The smallest absolute Gasteiger partial charge is 0.281 e. The number of hydrogen-bond acceptors (Lipinski definition) is 3. The molecule has 0 radical (unpaired) electrons. The van der Waals surface area contributed by atoms with Gasteiger partial charge in [-0.1, -0.05) is 6.07 Å². The monoisotopic (exact) mass is 304 g/mol. The molecule has 3 rings (SSSR count). The summed E-state index contributed by atoms with van der Waals surface area (Å²) in [6.07, 6.45) is 1.49. The van der Waals surface area contributed by atoms with Crippen molar-refractivity contribution >= 4 is 11.2 Å². The van der Waals surface area contributed by atoms with Crippen LogP contribution < -0.4 is 5.56 Å². The van der Waals surface area contributed by atoms with E-state index in [4.69, 9.17) is 0 Å². The van der Waals surface area contributed by atoms with Crippen LogP contribution in [-0.4, -0.2) is 19.1 Å². The minimum Gasteiger partial charge on any atom is -0.311 e. The Morgan fingerprint density at radius 2 is 2.00 bits per heavy atom. The number of aryl methyl sites for hydroxylation is 1. The van der Waals surface area contributed by atoms with Crippen LogP contribution in [0.2, 0.25) is 0 Å². The summed E-state index contributed by atoms with van der Waals surface area (Å²) in [6.45, 7) is 4.39. The molecular weight excluding hydrogens is 290 g/mol. The highest BCUT2D eigenvalue weighted by Gasteiger charge is 2.13. The Morgan fingerprint density at radius 3 is 2.68 bits per heavy atom. The zero-order chi connectivity index (χ0) is 15.9. The average molecular weight is 304 g/mol. The van der Waals surface area contributed by atoms with Gasteiger partial charge < -0.3 is 4.57 Å². The lowest BCUT2D eigenvalue weighted by Crippen LogP contribution is -2.23. The largest absolute Gasteiger partial charge is 0.311 e. The second kappa shape index (κ2) is 5.32. The first-order chi connectivity index (χ1) is 10.5. The maximum absolute atomic E-state index is 13.3. The van der Waals surface area contributed by atoms with Gasteiger partial charge in [0.1, 0.15) is 5.82 Å². The van der Waals surface area contributed by atoms with Crippen molar-refractivity contribution in [3.8, 4) is 0 Å². The third kappa shape index (κ3) is 2.28. The molecule has 0 atom stereocenters. The highest BCUT2D eigenvalue weighted by atomic mass is 19.2. The molecule has 0 aliphatic carbocycles. The van der Waals surface area contributed by atoms with Crippen LogP contribution in [0.5, 0.6) is 0 Å². The molecule has 0 unspecified atom stereocenters. The summed E-state index contributed by atoms with van der Waals surface area (Å²) >= 11 is 0. The molecule has 0 aliphatic rings. The molecule has 2 aromatic heterocycles. The average Bonchev–Trinajstić information content (AvgIpc) is 2.86. The van der Waals surface area contributed by atoms with Crippen molar-refractivity contribution < 1.29 is 8.78 Å². The van der Waals surface area contributed by atoms with Crippen molar-refractivity contribution in [2.24, 2.45) is 0 Å². The van der Waals surface area contributed by atoms with Crippen LogP contribution in [0.3, 0.4) is 0 Å². The van der Waals surface area contributed by atoms with Crippen LogP contribution >= 0.6 is 0 Å². The van der Waals surface area contributed by atoms with E-state index in [0.717, 1.165) is 12.1 Å². The minimum absolute atomic E-state index is 0.200. The summed E-state index contributed by atoms with van der Waals surface area (Å²) < 4.78 is 29.4. The van der Waals surface area contributed by atoms with E-state index in [0.29, 0.717) is 23.6 Å². The molecule has 22 heavy (non-hydrogen) atoms. The second-order valence-electron chi connectivity index (χ2n) is 5.00. The lowest BCUT2D eigenvalue weighted by molar-refractivity contribution is 0.506. The molecule has 0 amide bonds. The second-order valence-corrected chi connectivity index (χ2v) is 5.00. The molecular formula is C15H14F2N4O. The first kappa shape index (κ1) is 14.4. The quantitative estimate of drug-likeness (QED) is 0.746. The molecule has 1 aromatic carbocycles. The normalized spacial score (nSPS) is 11.3. The fourth-order valence-electron chi connectivity index (χ4n) is 2.46. The van der Waals surface area contributed by atoms with Crippen molar-refractivity contribution in [1.82, 2.24) is 19.1 Å². The number of aromatic nitrogens is 4. The summed E-state index contributed by atoms with van der Waals surface area (Å²) in [7, 11) is 0. The number of imidazole rings is 1. The van der Waals surface area contributed by atoms with Crippen LogP contribution in [0.15, 0.2) is 29.3 Å². The maximum atomic E-state index is 13.3. The van der Waals surface area contributed by atoms with Gasteiger partial charge in [-0.3, -0.25) is 9.36 Å². The van der Waals surface area contributed by atoms with E-state index in [1.54, 1.807) is 11.5 Å². The predicted octanol–water partition coefficient (Wildman–Crippen LogP) is 2.25. The Hall–Kier alpha value is -2.57. The summed E-state index contributed by atoms with van der Waals surface area (Å²) in [4.78, 5) is 20.8. The predicted molar refractivity (Wildman–Crippen MR) is 77.7 cm³/mol. The van der Waals surface area contributed by atoms with Crippen molar-refractivity contribution in [3.63, 3.8) is 0 Å². The van der Waals surface area contributed by atoms with E-state index in [1.807, 2.05) is 6.92 Å². The topological polar surface area (TPSA) is 52.7 Å². The lowest BCUT2D eigenvalue weighted by Gasteiger charge is -2.08. The molecule has 0 spiro atoms. The lowest BCUT2D eigenvalue weighted by atomic mass is 10.2. The van der Waals surface area contributed by atoms with Gasteiger partial charge in [0.2, 0.25) is 0 Å². The first-order valence-corrected chi connectivity index (χ1v) is 6.87. The Labute approximate surface area is 124 Å². The molecule has 5 nitrogen and oxygen atoms in total. The van der Waals surface area contributed by atoms with Crippen molar-refractivity contribution in [1.29, 1.82) is 0 Å². The van der Waals surface area contributed by atoms with Gasteiger partial charge in [-0.15, -0.1) is 0 Å². The van der Waals surface area contributed by atoms with Crippen LogP contribution in [0, 0.1) is 18.6 Å². The Kier molecular flexibility index (Phi) is 3.48. The fraction of sp³-hybridized carbons (Fsp3) is 0.267. The van der Waals surface area contributed by atoms with Crippen LogP contribution in [0.25, 0.3) is 11.2 Å². The SMILES string of the molecule is CCn1c(C)nc2c(ncn2Cc2ccc(F)c(F)c2)c1=O. The number of benzene rings is 1. The molecule has 0 bridgehead atoms. The summed E-state index contributed by atoms with van der Waals surface area (Å²) in [5.41, 5.74) is 1.08. The Balaban J connectivity index is 2.08. The number of hydrogen-bond donors (Lipinski definition) is 0. The third-order valence-corrected chi connectivity index (χ3v) is 3.57. The maximum Gasteiger partial charge on any atom is 0.281 e. The first-order valence-electron chi connectivity index (χ1n) is 6.87. The van der Waals surface area contributed by atoms with Gasteiger partial charge in [-0.05, 0) is 31.5 Å². The van der Waals surface area contributed by atoms with E-state index in [9.17, 15) is 13.6 Å². The highest BCUT2D eigenvalue weighted by Crippen LogP contribution is 2.13. The van der Waals surface area contributed by atoms with E-state index in [1.165, 1.54) is 17.0 Å². The van der Waals surface area contributed by atoms with Gasteiger partial charge in [-0.2, -0.15) is 0 Å². The standard InChI is InChI=1S/C15H14F2N4O/c1-3-21-9(2)19-14-13(15(21)22)18-8-20(14)7-10-4-5-11(16)12(17)6-10/h4-6,8H,3,7H2,1-2H3. The summed E-state index contributed by atoms with van der Waals surface area (Å²) in [5, 5.41) is 0. The number of fused-ring (bicyclic) bond motifs is 1. The number of halogens is 2. The molecule has 2 heterocycles. The van der Waals surface area contributed by atoms with Gasteiger partial charge in [0.15, 0.2) is 22.8 Å². The Bertz CT molecular complexity index is 914. The molecule has 0 saturated carbocycles. The zero-order valence-corrected chi connectivity index (χ0v) is 12.2. The van der Waals surface area contributed by atoms with Crippen molar-refractivity contribution in [2.45, 2.75) is 26.9 Å². The number of rotatable bonds is 3. The van der Waals surface area contributed by atoms with Gasteiger partial charge in [0, 0.05) is 6.54 Å². The summed E-state index contributed by atoms with van der Waals surface area (Å²) in [5.74, 6) is -1.20. The van der Waals surface area contributed by atoms with E-state index < -0.39 is 11.6 Å². The zero-order valence-electron chi connectivity index (χ0n) is 12.2.